The number of para-hydroxylation sites is 2. The lowest BCUT2D eigenvalue weighted by Crippen LogP contribution is -2.52. The van der Waals surface area contributed by atoms with Crippen LogP contribution in [0.3, 0.4) is 0 Å². The summed E-state index contributed by atoms with van der Waals surface area (Å²) < 4.78 is 0. The average molecular weight is 247 g/mol. The number of anilines is 2. The van der Waals surface area contributed by atoms with Crippen molar-refractivity contribution in [3.63, 3.8) is 0 Å². The van der Waals surface area contributed by atoms with E-state index in [0.29, 0.717) is 18.0 Å². The monoisotopic (exact) mass is 247 g/mol. The Morgan fingerprint density at radius 2 is 1.89 bits per heavy atom. The summed E-state index contributed by atoms with van der Waals surface area (Å²) in [6, 6.07) is 9.45. The molecular weight excluding hydrogens is 222 g/mol. The molecule has 18 heavy (non-hydrogen) atoms. The highest BCUT2D eigenvalue weighted by Crippen LogP contribution is 2.34. The molecule has 1 aliphatic heterocycles. The molecule has 0 saturated carbocycles. The molecule has 0 aromatic heterocycles. The molecule has 0 spiro atoms. The SMILES string of the molecule is CC1C(N)CCN(c2ccccc2N(C)C)C1C. The molecule has 3 nitrogen and oxygen atoms in total. The highest BCUT2D eigenvalue weighted by atomic mass is 15.2. The van der Waals surface area contributed by atoms with Gasteiger partial charge in [0.05, 0.1) is 11.4 Å². The highest BCUT2D eigenvalue weighted by molar-refractivity contribution is 5.71. The van der Waals surface area contributed by atoms with Gasteiger partial charge in [-0.25, -0.2) is 0 Å². The number of hydrogen-bond donors (Lipinski definition) is 1. The van der Waals surface area contributed by atoms with Gasteiger partial charge in [0.25, 0.3) is 0 Å². The Bertz CT molecular complexity index is 402. The predicted octanol–water partition coefficient (Wildman–Crippen LogP) is 2.31. The summed E-state index contributed by atoms with van der Waals surface area (Å²) in [7, 11) is 4.20. The largest absolute Gasteiger partial charge is 0.376 e. The summed E-state index contributed by atoms with van der Waals surface area (Å²) in [4.78, 5) is 4.69. The molecule has 3 unspecified atom stereocenters. The zero-order chi connectivity index (χ0) is 13.3. The van der Waals surface area contributed by atoms with Crippen molar-refractivity contribution < 1.29 is 0 Å². The Morgan fingerprint density at radius 3 is 2.56 bits per heavy atom. The first-order valence-corrected chi connectivity index (χ1v) is 6.81. The van der Waals surface area contributed by atoms with Crippen molar-refractivity contribution in [1.82, 2.24) is 0 Å². The van der Waals surface area contributed by atoms with Crippen molar-refractivity contribution in [2.45, 2.75) is 32.4 Å². The maximum atomic E-state index is 6.17. The van der Waals surface area contributed by atoms with Gasteiger partial charge < -0.3 is 15.5 Å². The van der Waals surface area contributed by atoms with E-state index in [0.717, 1.165) is 13.0 Å². The molecule has 2 N–H and O–H groups in total. The normalized spacial score (nSPS) is 28.3. The molecule has 3 heteroatoms. The molecule has 1 aliphatic rings. The minimum Gasteiger partial charge on any atom is -0.376 e. The molecule has 1 fully saturated rings. The Hall–Kier alpha value is -1.22. The fraction of sp³-hybridized carbons (Fsp3) is 0.600. The van der Waals surface area contributed by atoms with Gasteiger partial charge in [-0.05, 0) is 31.4 Å². The van der Waals surface area contributed by atoms with Crippen LogP contribution in [0.2, 0.25) is 0 Å². The molecule has 3 atom stereocenters. The average Bonchev–Trinajstić information content (AvgIpc) is 2.36. The van der Waals surface area contributed by atoms with E-state index in [1.807, 2.05) is 0 Å². The first kappa shape index (κ1) is 13.2. The van der Waals surface area contributed by atoms with Gasteiger partial charge in [-0.15, -0.1) is 0 Å². The van der Waals surface area contributed by atoms with E-state index in [9.17, 15) is 0 Å². The third-order valence-electron chi connectivity index (χ3n) is 4.30. The Kier molecular flexibility index (Phi) is 3.81. The van der Waals surface area contributed by atoms with Crippen molar-refractivity contribution >= 4 is 11.4 Å². The number of benzene rings is 1. The number of nitrogens with zero attached hydrogens (tertiary/aromatic N) is 2. The van der Waals surface area contributed by atoms with Gasteiger partial charge >= 0.3 is 0 Å². The number of hydrogen-bond acceptors (Lipinski definition) is 3. The van der Waals surface area contributed by atoms with Crippen molar-refractivity contribution in [3.8, 4) is 0 Å². The molecule has 1 saturated heterocycles. The van der Waals surface area contributed by atoms with Gasteiger partial charge in [-0.1, -0.05) is 19.1 Å². The van der Waals surface area contributed by atoms with E-state index < -0.39 is 0 Å². The first-order valence-electron chi connectivity index (χ1n) is 6.81. The van der Waals surface area contributed by atoms with Gasteiger partial charge in [-0.3, -0.25) is 0 Å². The number of nitrogens with two attached hydrogens (primary N) is 1. The minimum atomic E-state index is 0.336. The predicted molar refractivity (Wildman–Crippen MR) is 79.3 cm³/mol. The van der Waals surface area contributed by atoms with Crippen LogP contribution in [0, 0.1) is 5.92 Å². The van der Waals surface area contributed by atoms with Gasteiger partial charge in [0.2, 0.25) is 0 Å². The van der Waals surface area contributed by atoms with E-state index in [4.69, 9.17) is 5.73 Å². The zero-order valence-corrected chi connectivity index (χ0v) is 11.9. The van der Waals surface area contributed by atoms with Crippen molar-refractivity contribution in [3.05, 3.63) is 24.3 Å². The van der Waals surface area contributed by atoms with Crippen LogP contribution in [-0.2, 0) is 0 Å². The maximum absolute atomic E-state index is 6.17. The van der Waals surface area contributed by atoms with Crippen LogP contribution in [-0.4, -0.2) is 32.7 Å². The van der Waals surface area contributed by atoms with Crippen LogP contribution in [0.4, 0.5) is 11.4 Å². The smallest absolute Gasteiger partial charge is 0.0606 e. The summed E-state index contributed by atoms with van der Waals surface area (Å²) in [6.07, 6.45) is 1.08. The number of rotatable bonds is 2. The van der Waals surface area contributed by atoms with Crippen LogP contribution in [0.15, 0.2) is 24.3 Å². The molecule has 1 heterocycles. The van der Waals surface area contributed by atoms with Crippen LogP contribution >= 0.6 is 0 Å². The molecule has 0 amide bonds. The van der Waals surface area contributed by atoms with Crippen molar-refractivity contribution in [1.29, 1.82) is 0 Å². The molecule has 1 aromatic rings. The first-order chi connectivity index (χ1) is 8.52. The van der Waals surface area contributed by atoms with Gasteiger partial charge in [0.1, 0.15) is 0 Å². The van der Waals surface area contributed by atoms with Crippen molar-refractivity contribution in [2.75, 3.05) is 30.4 Å². The van der Waals surface area contributed by atoms with Crippen LogP contribution in [0.5, 0.6) is 0 Å². The second-order valence-electron chi connectivity index (χ2n) is 5.63. The Labute approximate surface area is 111 Å². The summed E-state index contributed by atoms with van der Waals surface area (Å²) in [6.45, 7) is 5.60. The van der Waals surface area contributed by atoms with E-state index >= 15 is 0 Å². The third-order valence-corrected chi connectivity index (χ3v) is 4.30. The van der Waals surface area contributed by atoms with Crippen LogP contribution in [0.1, 0.15) is 20.3 Å². The van der Waals surface area contributed by atoms with Gasteiger partial charge in [-0.2, -0.15) is 0 Å². The summed E-state index contributed by atoms with van der Waals surface area (Å²) in [5.41, 5.74) is 8.78. The second-order valence-corrected chi connectivity index (χ2v) is 5.63. The molecule has 2 rings (SSSR count). The fourth-order valence-corrected chi connectivity index (χ4v) is 2.82. The summed E-state index contributed by atoms with van der Waals surface area (Å²) >= 11 is 0. The molecule has 1 aromatic carbocycles. The van der Waals surface area contributed by atoms with E-state index in [-0.39, 0.29) is 0 Å². The topological polar surface area (TPSA) is 32.5 Å². The van der Waals surface area contributed by atoms with Gasteiger partial charge in [0, 0.05) is 32.7 Å². The van der Waals surface area contributed by atoms with E-state index in [1.54, 1.807) is 0 Å². The summed E-state index contributed by atoms with van der Waals surface area (Å²) in [5.74, 6) is 0.536. The lowest BCUT2D eigenvalue weighted by molar-refractivity contribution is 0.316. The fourth-order valence-electron chi connectivity index (χ4n) is 2.82. The lowest BCUT2D eigenvalue weighted by atomic mass is 9.87. The Morgan fingerprint density at radius 1 is 1.22 bits per heavy atom. The molecule has 0 radical (unpaired) electrons. The highest BCUT2D eigenvalue weighted by Gasteiger charge is 2.31. The Balaban J connectivity index is 2.31. The molecule has 100 valence electrons. The number of piperidine rings is 1. The van der Waals surface area contributed by atoms with E-state index in [2.05, 4.69) is 62.0 Å². The van der Waals surface area contributed by atoms with Crippen LogP contribution < -0.4 is 15.5 Å². The van der Waals surface area contributed by atoms with Gasteiger partial charge in [0.15, 0.2) is 0 Å². The van der Waals surface area contributed by atoms with Crippen LogP contribution in [0.25, 0.3) is 0 Å². The van der Waals surface area contributed by atoms with Crippen molar-refractivity contribution in [2.24, 2.45) is 11.7 Å². The maximum Gasteiger partial charge on any atom is 0.0606 e. The molecule has 0 bridgehead atoms. The second kappa shape index (κ2) is 5.19. The quantitative estimate of drug-likeness (QED) is 0.870. The molecule has 0 aliphatic carbocycles. The zero-order valence-electron chi connectivity index (χ0n) is 11.9. The molecular formula is C15H25N3. The van der Waals surface area contributed by atoms with E-state index in [1.165, 1.54) is 11.4 Å². The standard InChI is InChI=1S/C15H25N3/c1-11-12(2)18(10-9-13(11)16)15-8-6-5-7-14(15)17(3)4/h5-8,11-13H,9-10,16H2,1-4H3. The summed E-state index contributed by atoms with van der Waals surface area (Å²) in [5, 5.41) is 0. The third kappa shape index (κ3) is 2.32. The lowest BCUT2D eigenvalue weighted by Gasteiger charge is -2.44. The minimum absolute atomic E-state index is 0.336.